The molecule has 0 aromatic heterocycles. The number of hydrogen-bond acceptors (Lipinski definition) is 4. The Morgan fingerprint density at radius 3 is 2.26 bits per heavy atom. The normalized spacial score (nSPS) is 11.4. The third-order valence-corrected chi connectivity index (χ3v) is 5.65. The van der Waals surface area contributed by atoms with Gasteiger partial charge in [-0.2, -0.15) is 0 Å². The van der Waals surface area contributed by atoms with Crippen LogP contribution in [0.2, 0.25) is 0 Å². The summed E-state index contributed by atoms with van der Waals surface area (Å²) in [5.74, 6) is -0.208. The van der Waals surface area contributed by atoms with E-state index >= 15 is 0 Å². The number of nitrogens with zero attached hydrogens (tertiary/aromatic N) is 1. The van der Waals surface area contributed by atoms with E-state index < -0.39 is 10.0 Å². The van der Waals surface area contributed by atoms with Crippen molar-refractivity contribution < 1.29 is 13.2 Å². The van der Waals surface area contributed by atoms with Gasteiger partial charge in [0.05, 0.1) is 4.90 Å². The van der Waals surface area contributed by atoms with Crippen molar-refractivity contribution in [3.8, 4) is 0 Å². The number of hydrogen-bond donors (Lipinski definition) is 2. The van der Waals surface area contributed by atoms with E-state index in [1.165, 1.54) is 24.3 Å². The highest BCUT2D eigenvalue weighted by atomic mass is 32.2. The maximum Gasteiger partial charge on any atom is 0.261 e. The first-order valence-corrected chi connectivity index (χ1v) is 10.3. The molecule has 0 aliphatic rings. The summed E-state index contributed by atoms with van der Waals surface area (Å²) in [6.07, 6.45) is 0.852. The Morgan fingerprint density at radius 1 is 1.00 bits per heavy atom. The van der Waals surface area contributed by atoms with Gasteiger partial charge in [0.1, 0.15) is 0 Å². The predicted octanol–water partition coefficient (Wildman–Crippen LogP) is 2.79. The van der Waals surface area contributed by atoms with Crippen molar-refractivity contribution >= 4 is 21.6 Å². The fourth-order valence-electron chi connectivity index (χ4n) is 2.50. The van der Waals surface area contributed by atoms with Gasteiger partial charge >= 0.3 is 0 Å². The average Bonchev–Trinajstić information content (AvgIpc) is 2.61. The second-order valence-corrected chi connectivity index (χ2v) is 8.52. The van der Waals surface area contributed by atoms with Gasteiger partial charge < -0.3 is 10.2 Å². The number of nitrogens with one attached hydrogen (secondary N) is 2. The third kappa shape index (κ3) is 6.08. The highest BCUT2D eigenvalue weighted by Gasteiger charge is 2.15. The Balaban J connectivity index is 2.02. The van der Waals surface area contributed by atoms with Crippen LogP contribution >= 0.6 is 0 Å². The van der Waals surface area contributed by atoms with E-state index in [1.807, 2.05) is 38.9 Å². The summed E-state index contributed by atoms with van der Waals surface area (Å²) in [7, 11) is 0.255. The number of carbonyl (C=O) groups is 1. The largest absolute Gasteiger partial charge is 0.352 e. The number of anilines is 1. The summed E-state index contributed by atoms with van der Waals surface area (Å²) in [4.78, 5) is 14.3. The summed E-state index contributed by atoms with van der Waals surface area (Å²) >= 11 is 0. The van der Waals surface area contributed by atoms with Crippen molar-refractivity contribution in [3.63, 3.8) is 0 Å². The molecule has 146 valence electrons. The van der Waals surface area contributed by atoms with Gasteiger partial charge in [-0.3, -0.25) is 9.52 Å². The van der Waals surface area contributed by atoms with E-state index in [-0.39, 0.29) is 10.8 Å². The number of aryl methyl sites for hydroxylation is 2. The van der Waals surface area contributed by atoms with Crippen LogP contribution < -0.4 is 10.0 Å². The second kappa shape index (κ2) is 9.01. The molecule has 2 aromatic rings. The summed E-state index contributed by atoms with van der Waals surface area (Å²) in [5, 5.41) is 2.83. The van der Waals surface area contributed by atoms with Crippen LogP contribution in [0.15, 0.2) is 47.4 Å². The first kappa shape index (κ1) is 20.9. The van der Waals surface area contributed by atoms with Crippen molar-refractivity contribution in [2.24, 2.45) is 0 Å². The van der Waals surface area contributed by atoms with E-state index in [4.69, 9.17) is 0 Å². The Morgan fingerprint density at radius 2 is 1.67 bits per heavy atom. The fourth-order valence-corrected chi connectivity index (χ4v) is 3.55. The van der Waals surface area contributed by atoms with Gasteiger partial charge in [0, 0.05) is 17.8 Å². The minimum atomic E-state index is -3.70. The molecular weight excluding hydrogens is 362 g/mol. The Labute approximate surface area is 161 Å². The minimum absolute atomic E-state index is 0.116. The summed E-state index contributed by atoms with van der Waals surface area (Å²) in [6, 6.07) is 11.3. The zero-order chi connectivity index (χ0) is 20.0. The Hall–Kier alpha value is -2.38. The number of amides is 1. The lowest BCUT2D eigenvalue weighted by atomic mass is 10.1. The van der Waals surface area contributed by atoms with E-state index in [0.29, 0.717) is 17.8 Å². The maximum atomic E-state index is 12.5. The number of benzene rings is 2. The number of sulfonamides is 1. The van der Waals surface area contributed by atoms with Crippen molar-refractivity contribution in [2.45, 2.75) is 25.2 Å². The molecular formula is C20H27N3O3S. The van der Waals surface area contributed by atoms with Crippen LogP contribution in [0.4, 0.5) is 5.69 Å². The van der Waals surface area contributed by atoms with Crippen molar-refractivity contribution in [1.82, 2.24) is 10.2 Å². The summed E-state index contributed by atoms with van der Waals surface area (Å²) < 4.78 is 27.6. The van der Waals surface area contributed by atoms with Gasteiger partial charge in [-0.25, -0.2) is 8.42 Å². The van der Waals surface area contributed by atoms with Gasteiger partial charge in [-0.05, 0) is 88.4 Å². The molecule has 0 spiro atoms. The summed E-state index contributed by atoms with van der Waals surface area (Å²) in [5.41, 5.74) is 3.06. The van der Waals surface area contributed by atoms with Crippen molar-refractivity contribution in [3.05, 3.63) is 59.2 Å². The predicted molar refractivity (Wildman–Crippen MR) is 109 cm³/mol. The minimum Gasteiger partial charge on any atom is -0.352 e. The van der Waals surface area contributed by atoms with E-state index in [1.54, 1.807) is 12.1 Å². The van der Waals surface area contributed by atoms with Crippen LogP contribution in [-0.2, 0) is 10.0 Å². The molecule has 1 amide bonds. The Bertz CT molecular complexity index is 891. The van der Waals surface area contributed by atoms with Crippen LogP contribution in [0.3, 0.4) is 0 Å². The molecule has 27 heavy (non-hydrogen) atoms. The smallest absolute Gasteiger partial charge is 0.261 e. The van der Waals surface area contributed by atoms with Gasteiger partial charge in [0.2, 0.25) is 0 Å². The molecule has 0 unspecified atom stereocenters. The first-order chi connectivity index (χ1) is 12.7. The van der Waals surface area contributed by atoms with E-state index in [2.05, 4.69) is 10.0 Å². The molecule has 2 aromatic carbocycles. The van der Waals surface area contributed by atoms with Gasteiger partial charge in [0.25, 0.3) is 15.9 Å². The van der Waals surface area contributed by atoms with Crippen LogP contribution in [-0.4, -0.2) is 46.4 Å². The zero-order valence-corrected chi connectivity index (χ0v) is 17.1. The first-order valence-electron chi connectivity index (χ1n) is 8.82. The van der Waals surface area contributed by atoms with Crippen LogP contribution in [0.5, 0.6) is 0 Å². The average molecular weight is 390 g/mol. The van der Waals surface area contributed by atoms with Crippen LogP contribution in [0.25, 0.3) is 0 Å². The molecule has 2 rings (SSSR count). The molecule has 0 aliphatic carbocycles. The molecule has 2 N–H and O–H groups in total. The van der Waals surface area contributed by atoms with Crippen molar-refractivity contribution in [1.29, 1.82) is 0 Å². The van der Waals surface area contributed by atoms with Crippen LogP contribution in [0, 0.1) is 13.8 Å². The highest BCUT2D eigenvalue weighted by molar-refractivity contribution is 7.92. The van der Waals surface area contributed by atoms with E-state index in [9.17, 15) is 13.2 Å². The molecule has 0 saturated carbocycles. The third-order valence-electron chi connectivity index (χ3n) is 4.25. The number of carbonyl (C=O) groups excluding carboxylic acids is 1. The molecule has 6 nitrogen and oxygen atoms in total. The molecule has 0 atom stereocenters. The topological polar surface area (TPSA) is 78.5 Å². The molecule has 0 heterocycles. The lowest BCUT2D eigenvalue weighted by molar-refractivity contribution is 0.0952. The summed E-state index contributed by atoms with van der Waals surface area (Å²) in [6.45, 7) is 5.37. The maximum absolute atomic E-state index is 12.5. The Kier molecular flexibility index (Phi) is 6.98. The molecule has 0 fully saturated rings. The van der Waals surface area contributed by atoms with E-state index in [0.717, 1.165) is 24.1 Å². The lowest BCUT2D eigenvalue weighted by Gasteiger charge is -2.11. The zero-order valence-electron chi connectivity index (χ0n) is 16.2. The van der Waals surface area contributed by atoms with Crippen LogP contribution in [0.1, 0.15) is 27.9 Å². The number of rotatable bonds is 8. The molecule has 0 saturated heterocycles. The highest BCUT2D eigenvalue weighted by Crippen LogP contribution is 2.19. The quantitative estimate of drug-likeness (QED) is 0.681. The molecule has 0 aliphatic heterocycles. The lowest BCUT2D eigenvalue weighted by Crippen LogP contribution is -2.27. The van der Waals surface area contributed by atoms with Gasteiger partial charge in [-0.1, -0.05) is 6.07 Å². The molecule has 7 heteroatoms. The van der Waals surface area contributed by atoms with Gasteiger partial charge in [0.15, 0.2) is 0 Å². The molecule has 0 radical (unpaired) electrons. The van der Waals surface area contributed by atoms with Crippen molar-refractivity contribution in [2.75, 3.05) is 31.9 Å². The standard InChI is InChI=1S/C20H27N3O3S/c1-15-6-9-18(14-16(15)2)22-27(25,26)19-10-7-17(8-11-19)20(24)21-12-5-13-23(3)4/h6-11,14,22H,5,12-13H2,1-4H3,(H,21,24). The molecule has 0 bridgehead atoms. The monoisotopic (exact) mass is 389 g/mol. The SMILES string of the molecule is Cc1ccc(NS(=O)(=O)c2ccc(C(=O)NCCCN(C)C)cc2)cc1C. The second-order valence-electron chi connectivity index (χ2n) is 6.84. The van der Waals surface area contributed by atoms with Gasteiger partial charge in [-0.15, -0.1) is 0 Å². The fraction of sp³-hybridized carbons (Fsp3) is 0.350.